The fourth-order valence-corrected chi connectivity index (χ4v) is 1.52. The molecule has 0 spiro atoms. The molecule has 0 bridgehead atoms. The number of halogens is 2. The first kappa shape index (κ1) is 9.21. The highest BCUT2D eigenvalue weighted by Gasteiger charge is 2.17. The molecule has 0 saturated heterocycles. The van der Waals surface area contributed by atoms with E-state index in [4.69, 9.17) is 10.7 Å². The molecule has 1 N–H and O–H groups in total. The van der Waals surface area contributed by atoms with E-state index in [-0.39, 0.29) is 0 Å². The standard InChI is InChI=1S/C5H3ClFNO3S/c6-12(10,11)3-1-2-8-5(9)4(3)7/h1-2H,(H,8,9). The van der Waals surface area contributed by atoms with E-state index in [0.717, 1.165) is 12.3 Å². The molecule has 0 aliphatic rings. The van der Waals surface area contributed by atoms with Crippen molar-refractivity contribution in [3.8, 4) is 0 Å². The predicted molar refractivity (Wildman–Crippen MR) is 40.1 cm³/mol. The van der Waals surface area contributed by atoms with Crippen molar-refractivity contribution in [2.24, 2.45) is 0 Å². The average Bonchev–Trinajstić information content (AvgIpc) is 1.92. The second-order valence-corrected chi connectivity index (χ2v) is 4.46. The first-order valence-corrected chi connectivity index (χ1v) is 5.05. The van der Waals surface area contributed by atoms with Crippen molar-refractivity contribution < 1.29 is 12.8 Å². The van der Waals surface area contributed by atoms with Gasteiger partial charge in [-0.3, -0.25) is 4.79 Å². The Morgan fingerprint density at radius 1 is 1.50 bits per heavy atom. The molecule has 1 heterocycles. The fraction of sp³-hybridized carbons (Fsp3) is 0. The number of nitrogens with one attached hydrogen (secondary N) is 1. The maximum absolute atomic E-state index is 12.7. The topological polar surface area (TPSA) is 67.0 Å². The van der Waals surface area contributed by atoms with E-state index in [2.05, 4.69) is 0 Å². The zero-order chi connectivity index (χ0) is 9.35. The van der Waals surface area contributed by atoms with Crippen LogP contribution in [-0.2, 0) is 9.05 Å². The maximum Gasteiger partial charge on any atom is 0.285 e. The summed E-state index contributed by atoms with van der Waals surface area (Å²) in [7, 11) is 0.636. The Balaban J connectivity index is 3.58. The normalized spacial score (nSPS) is 11.5. The van der Waals surface area contributed by atoms with Crippen molar-refractivity contribution in [3.63, 3.8) is 0 Å². The summed E-state index contributed by atoms with van der Waals surface area (Å²) in [6.45, 7) is 0. The molecular formula is C5H3ClFNO3S. The van der Waals surface area contributed by atoms with Crippen LogP contribution in [0.4, 0.5) is 4.39 Å². The lowest BCUT2D eigenvalue weighted by Crippen LogP contribution is -2.13. The largest absolute Gasteiger partial charge is 0.327 e. The highest BCUT2D eigenvalue weighted by molar-refractivity contribution is 8.13. The molecule has 0 aliphatic heterocycles. The molecule has 7 heteroatoms. The summed E-state index contributed by atoms with van der Waals surface area (Å²) in [6, 6.07) is 0.874. The van der Waals surface area contributed by atoms with Gasteiger partial charge in [0.1, 0.15) is 4.90 Å². The summed E-state index contributed by atoms with van der Waals surface area (Å²) in [5.74, 6) is -1.40. The van der Waals surface area contributed by atoms with E-state index in [1.54, 1.807) is 0 Å². The lowest BCUT2D eigenvalue weighted by Gasteiger charge is -1.94. The van der Waals surface area contributed by atoms with Crippen LogP contribution in [0.3, 0.4) is 0 Å². The van der Waals surface area contributed by atoms with Crippen molar-refractivity contribution in [2.45, 2.75) is 4.90 Å². The average molecular weight is 212 g/mol. The SMILES string of the molecule is O=c1[nH]ccc(S(=O)(=O)Cl)c1F. The summed E-state index contributed by atoms with van der Waals surface area (Å²) in [5, 5.41) is 0. The van der Waals surface area contributed by atoms with E-state index in [9.17, 15) is 17.6 Å². The van der Waals surface area contributed by atoms with Gasteiger partial charge in [-0.2, -0.15) is 4.39 Å². The van der Waals surface area contributed by atoms with Crippen molar-refractivity contribution >= 4 is 19.7 Å². The van der Waals surface area contributed by atoms with Gasteiger partial charge in [-0.05, 0) is 6.07 Å². The second-order valence-electron chi connectivity index (χ2n) is 1.92. The fourth-order valence-electron chi connectivity index (χ4n) is 0.630. The highest BCUT2D eigenvalue weighted by atomic mass is 35.7. The van der Waals surface area contributed by atoms with Gasteiger partial charge in [-0.1, -0.05) is 0 Å². The van der Waals surface area contributed by atoms with Crippen LogP contribution in [0.2, 0.25) is 0 Å². The number of pyridine rings is 1. The van der Waals surface area contributed by atoms with Gasteiger partial charge in [0.05, 0.1) is 0 Å². The van der Waals surface area contributed by atoms with Gasteiger partial charge >= 0.3 is 0 Å². The molecule has 0 atom stereocenters. The summed E-state index contributed by atoms with van der Waals surface area (Å²) < 4.78 is 33.8. The van der Waals surface area contributed by atoms with Gasteiger partial charge in [0, 0.05) is 16.9 Å². The van der Waals surface area contributed by atoms with Crippen molar-refractivity contribution in [2.75, 3.05) is 0 Å². The third-order valence-corrected chi connectivity index (χ3v) is 2.47. The molecule has 0 fully saturated rings. The predicted octanol–water partition coefficient (Wildman–Crippen LogP) is 0.441. The zero-order valence-corrected chi connectivity index (χ0v) is 7.12. The van der Waals surface area contributed by atoms with Gasteiger partial charge in [0.25, 0.3) is 14.6 Å². The number of hydrogen-bond donors (Lipinski definition) is 1. The summed E-state index contributed by atoms with van der Waals surface area (Å²) in [4.78, 5) is 11.7. The molecular weight excluding hydrogens is 209 g/mol. The van der Waals surface area contributed by atoms with Crippen molar-refractivity contribution in [3.05, 3.63) is 28.4 Å². The molecule has 0 aromatic carbocycles. The van der Waals surface area contributed by atoms with Crippen LogP contribution in [0.25, 0.3) is 0 Å². The molecule has 66 valence electrons. The van der Waals surface area contributed by atoms with Crippen LogP contribution in [0.5, 0.6) is 0 Å². The monoisotopic (exact) mass is 211 g/mol. The third-order valence-electron chi connectivity index (χ3n) is 1.13. The molecule has 4 nitrogen and oxygen atoms in total. The van der Waals surface area contributed by atoms with Crippen molar-refractivity contribution in [1.29, 1.82) is 0 Å². The lowest BCUT2D eigenvalue weighted by molar-refractivity contribution is 0.562. The van der Waals surface area contributed by atoms with E-state index in [1.807, 2.05) is 4.98 Å². The van der Waals surface area contributed by atoms with Crippen LogP contribution < -0.4 is 5.56 Å². The first-order chi connectivity index (χ1) is 5.43. The van der Waals surface area contributed by atoms with E-state index >= 15 is 0 Å². The molecule has 1 aromatic heterocycles. The van der Waals surface area contributed by atoms with Crippen LogP contribution in [0, 0.1) is 5.82 Å². The molecule has 12 heavy (non-hydrogen) atoms. The van der Waals surface area contributed by atoms with E-state index in [0.29, 0.717) is 0 Å². The molecule has 0 amide bonds. The smallest absolute Gasteiger partial charge is 0.285 e. The van der Waals surface area contributed by atoms with Gasteiger partial charge in [-0.15, -0.1) is 0 Å². The highest BCUT2D eigenvalue weighted by Crippen LogP contribution is 2.14. The van der Waals surface area contributed by atoms with Gasteiger partial charge in [-0.25, -0.2) is 8.42 Å². The van der Waals surface area contributed by atoms with Crippen LogP contribution in [0.15, 0.2) is 22.0 Å². The quantitative estimate of drug-likeness (QED) is 0.686. The Labute approximate surface area is 71.4 Å². The maximum atomic E-state index is 12.7. The first-order valence-electron chi connectivity index (χ1n) is 2.75. The number of H-pyrrole nitrogens is 1. The third kappa shape index (κ3) is 1.64. The molecule has 0 aliphatic carbocycles. The Bertz CT molecular complexity index is 452. The van der Waals surface area contributed by atoms with Gasteiger partial charge in [0.15, 0.2) is 0 Å². The Morgan fingerprint density at radius 3 is 2.50 bits per heavy atom. The number of hydrogen-bond acceptors (Lipinski definition) is 3. The minimum Gasteiger partial charge on any atom is -0.327 e. The van der Waals surface area contributed by atoms with E-state index < -0.39 is 25.3 Å². The summed E-state index contributed by atoms with van der Waals surface area (Å²) >= 11 is 0. The summed E-state index contributed by atoms with van der Waals surface area (Å²) in [5.41, 5.74) is -1.11. The molecule has 1 rings (SSSR count). The molecule has 0 saturated carbocycles. The minimum absolute atomic E-state index is 0.812. The molecule has 0 unspecified atom stereocenters. The van der Waals surface area contributed by atoms with Crippen LogP contribution in [-0.4, -0.2) is 13.4 Å². The Kier molecular flexibility index (Phi) is 2.20. The van der Waals surface area contributed by atoms with Crippen LogP contribution >= 0.6 is 10.7 Å². The second kappa shape index (κ2) is 2.87. The van der Waals surface area contributed by atoms with Crippen molar-refractivity contribution in [1.82, 2.24) is 4.98 Å². The number of rotatable bonds is 1. The van der Waals surface area contributed by atoms with Gasteiger partial charge < -0.3 is 4.98 Å². The zero-order valence-electron chi connectivity index (χ0n) is 5.54. The lowest BCUT2D eigenvalue weighted by atomic mass is 10.5. The molecule has 0 radical (unpaired) electrons. The number of aromatic amines is 1. The molecule has 1 aromatic rings. The van der Waals surface area contributed by atoms with E-state index in [1.165, 1.54) is 0 Å². The minimum atomic E-state index is -4.18. The summed E-state index contributed by atoms with van der Waals surface area (Å²) in [6.07, 6.45) is 1.00. The van der Waals surface area contributed by atoms with Gasteiger partial charge in [0.2, 0.25) is 5.82 Å². The number of aromatic nitrogens is 1. The Morgan fingerprint density at radius 2 is 2.08 bits per heavy atom. The Hall–Kier alpha value is -0.880. The van der Waals surface area contributed by atoms with Crippen LogP contribution in [0.1, 0.15) is 0 Å².